The van der Waals surface area contributed by atoms with E-state index in [9.17, 15) is 9.18 Å². The zero-order valence-electron chi connectivity index (χ0n) is 13.4. The van der Waals surface area contributed by atoms with Gasteiger partial charge in [0.15, 0.2) is 0 Å². The molecule has 0 aromatic heterocycles. The maximum atomic E-state index is 13.2. The number of benzene rings is 1. The molecule has 7 heteroatoms. The predicted molar refractivity (Wildman–Crippen MR) is 94.9 cm³/mol. The first kappa shape index (κ1) is 20.0. The maximum absolute atomic E-state index is 13.2. The Kier molecular flexibility index (Phi) is 7.11. The van der Waals surface area contributed by atoms with Gasteiger partial charge in [-0.1, -0.05) is 24.9 Å². The van der Waals surface area contributed by atoms with Crippen LogP contribution in [0.2, 0.25) is 5.02 Å². The normalized spacial score (nSPS) is 19.9. The molecule has 4 nitrogen and oxygen atoms in total. The van der Waals surface area contributed by atoms with Gasteiger partial charge in [-0.2, -0.15) is 0 Å². The van der Waals surface area contributed by atoms with Crippen molar-refractivity contribution in [1.29, 1.82) is 0 Å². The second-order valence-corrected chi connectivity index (χ2v) is 6.58. The van der Waals surface area contributed by atoms with Gasteiger partial charge in [0.2, 0.25) is 5.91 Å². The monoisotopic (exact) mass is 363 g/mol. The zero-order valence-corrected chi connectivity index (χ0v) is 15.0. The molecule has 2 atom stereocenters. The van der Waals surface area contributed by atoms with E-state index in [0.29, 0.717) is 13.0 Å². The first-order chi connectivity index (χ1) is 10.3. The van der Waals surface area contributed by atoms with E-state index in [-0.39, 0.29) is 29.4 Å². The average Bonchev–Trinajstić information content (AvgIpc) is 2.90. The van der Waals surface area contributed by atoms with E-state index < -0.39 is 11.4 Å². The predicted octanol–water partition coefficient (Wildman–Crippen LogP) is 3.11. The van der Waals surface area contributed by atoms with Crippen molar-refractivity contribution < 1.29 is 9.18 Å². The van der Waals surface area contributed by atoms with Crippen molar-refractivity contribution in [3.05, 3.63) is 29.0 Å². The number of carbonyl (C=O) groups is 1. The number of hydrogen-bond acceptors (Lipinski definition) is 3. The summed E-state index contributed by atoms with van der Waals surface area (Å²) < 4.78 is 13.2. The molecule has 1 heterocycles. The van der Waals surface area contributed by atoms with Crippen LogP contribution < -0.4 is 16.0 Å². The van der Waals surface area contributed by atoms with Gasteiger partial charge in [0.05, 0.1) is 10.6 Å². The van der Waals surface area contributed by atoms with Crippen LogP contribution in [0.3, 0.4) is 0 Å². The van der Waals surface area contributed by atoms with Gasteiger partial charge < -0.3 is 16.0 Å². The summed E-state index contributed by atoms with van der Waals surface area (Å²) in [4.78, 5) is 14.3. The first-order valence-electron chi connectivity index (χ1n) is 7.63. The van der Waals surface area contributed by atoms with Crippen molar-refractivity contribution in [2.24, 2.45) is 5.73 Å². The first-order valence-corrected chi connectivity index (χ1v) is 8.01. The molecule has 3 N–H and O–H groups in total. The summed E-state index contributed by atoms with van der Waals surface area (Å²) in [6.45, 7) is 5.24. The SMILES string of the molecule is CCCC(C)(N)C(=O)NC1CCN(c2ccc(F)c(Cl)c2)C1.Cl. The summed E-state index contributed by atoms with van der Waals surface area (Å²) in [5.74, 6) is -0.536. The van der Waals surface area contributed by atoms with E-state index in [1.165, 1.54) is 6.07 Å². The largest absolute Gasteiger partial charge is 0.369 e. The minimum atomic E-state index is -0.832. The molecule has 1 aromatic rings. The lowest BCUT2D eigenvalue weighted by molar-refractivity contribution is -0.126. The van der Waals surface area contributed by atoms with Crippen molar-refractivity contribution >= 4 is 35.6 Å². The van der Waals surface area contributed by atoms with Gasteiger partial charge in [0.1, 0.15) is 5.82 Å². The molecule has 1 amide bonds. The Morgan fingerprint density at radius 2 is 2.26 bits per heavy atom. The highest BCUT2D eigenvalue weighted by Crippen LogP contribution is 2.25. The van der Waals surface area contributed by atoms with Gasteiger partial charge in [0.25, 0.3) is 0 Å². The Bertz CT molecular complexity index is 554. The Hall–Kier alpha value is -1.04. The third-order valence-electron chi connectivity index (χ3n) is 4.08. The molecular weight excluding hydrogens is 340 g/mol. The lowest BCUT2D eigenvalue weighted by Gasteiger charge is -2.25. The van der Waals surface area contributed by atoms with Gasteiger partial charge in [-0.15, -0.1) is 12.4 Å². The number of nitrogens with zero attached hydrogens (tertiary/aromatic N) is 1. The van der Waals surface area contributed by atoms with Crippen LogP contribution in [0.5, 0.6) is 0 Å². The van der Waals surface area contributed by atoms with Gasteiger partial charge in [-0.05, 0) is 38.0 Å². The van der Waals surface area contributed by atoms with E-state index in [2.05, 4.69) is 10.2 Å². The Morgan fingerprint density at radius 1 is 1.57 bits per heavy atom. The van der Waals surface area contributed by atoms with Crippen LogP contribution in [0.15, 0.2) is 18.2 Å². The van der Waals surface area contributed by atoms with Crippen molar-refractivity contribution in [1.82, 2.24) is 5.32 Å². The Labute approximate surface area is 148 Å². The number of halogens is 3. The minimum Gasteiger partial charge on any atom is -0.369 e. The highest BCUT2D eigenvalue weighted by atomic mass is 35.5. The van der Waals surface area contributed by atoms with Crippen LogP contribution >= 0.6 is 24.0 Å². The van der Waals surface area contributed by atoms with Crippen molar-refractivity contribution in [3.63, 3.8) is 0 Å². The van der Waals surface area contributed by atoms with Crippen molar-refractivity contribution in [2.45, 2.75) is 44.7 Å². The molecule has 0 saturated carbocycles. The number of hydrogen-bond donors (Lipinski definition) is 2. The van der Waals surface area contributed by atoms with Crippen LogP contribution in [0.4, 0.5) is 10.1 Å². The molecule has 1 aromatic carbocycles. The van der Waals surface area contributed by atoms with Crippen LogP contribution in [0.25, 0.3) is 0 Å². The molecular formula is C16H24Cl2FN3O. The van der Waals surface area contributed by atoms with Crippen LogP contribution in [-0.2, 0) is 4.79 Å². The van der Waals surface area contributed by atoms with Crippen molar-refractivity contribution in [2.75, 3.05) is 18.0 Å². The highest BCUT2D eigenvalue weighted by molar-refractivity contribution is 6.31. The molecule has 1 aliphatic rings. The zero-order chi connectivity index (χ0) is 16.3. The summed E-state index contributed by atoms with van der Waals surface area (Å²) in [5.41, 5.74) is 6.08. The van der Waals surface area contributed by atoms with E-state index in [1.54, 1.807) is 19.1 Å². The third kappa shape index (κ3) is 4.96. The molecule has 0 spiro atoms. The fraction of sp³-hybridized carbons (Fsp3) is 0.562. The lowest BCUT2D eigenvalue weighted by Crippen LogP contribution is -2.54. The van der Waals surface area contributed by atoms with E-state index in [1.807, 2.05) is 6.92 Å². The second-order valence-electron chi connectivity index (χ2n) is 6.17. The highest BCUT2D eigenvalue weighted by Gasteiger charge is 2.31. The minimum absolute atomic E-state index is 0. The van der Waals surface area contributed by atoms with Crippen LogP contribution in [0, 0.1) is 5.82 Å². The maximum Gasteiger partial charge on any atom is 0.240 e. The molecule has 0 bridgehead atoms. The molecule has 0 radical (unpaired) electrons. The Morgan fingerprint density at radius 3 is 2.87 bits per heavy atom. The van der Waals surface area contributed by atoms with Crippen LogP contribution in [-0.4, -0.2) is 30.6 Å². The molecule has 0 aliphatic carbocycles. The number of nitrogens with two attached hydrogens (primary N) is 1. The van der Waals surface area contributed by atoms with Gasteiger partial charge >= 0.3 is 0 Å². The molecule has 1 fully saturated rings. The van der Waals surface area contributed by atoms with Gasteiger partial charge in [-0.25, -0.2) is 4.39 Å². The molecule has 2 rings (SSSR count). The smallest absolute Gasteiger partial charge is 0.240 e. The summed E-state index contributed by atoms with van der Waals surface area (Å²) in [5, 5.41) is 3.13. The molecule has 1 aliphatic heterocycles. The van der Waals surface area contributed by atoms with E-state index in [0.717, 1.165) is 25.1 Å². The van der Waals surface area contributed by atoms with Crippen molar-refractivity contribution in [3.8, 4) is 0 Å². The van der Waals surface area contributed by atoms with E-state index in [4.69, 9.17) is 17.3 Å². The number of rotatable bonds is 5. The lowest BCUT2D eigenvalue weighted by atomic mass is 9.96. The fourth-order valence-electron chi connectivity index (χ4n) is 2.78. The number of carbonyl (C=O) groups excluding carboxylic acids is 1. The third-order valence-corrected chi connectivity index (χ3v) is 4.37. The molecule has 130 valence electrons. The average molecular weight is 364 g/mol. The second kappa shape index (κ2) is 8.18. The number of anilines is 1. The number of amides is 1. The summed E-state index contributed by atoms with van der Waals surface area (Å²) in [6, 6.07) is 4.73. The van der Waals surface area contributed by atoms with Gasteiger partial charge in [0, 0.05) is 24.8 Å². The summed E-state index contributed by atoms with van der Waals surface area (Å²) in [7, 11) is 0. The number of nitrogens with one attached hydrogen (secondary N) is 1. The summed E-state index contributed by atoms with van der Waals surface area (Å²) >= 11 is 5.82. The molecule has 23 heavy (non-hydrogen) atoms. The Balaban J connectivity index is 0.00000264. The van der Waals surface area contributed by atoms with Gasteiger partial charge in [-0.3, -0.25) is 4.79 Å². The topological polar surface area (TPSA) is 58.4 Å². The quantitative estimate of drug-likeness (QED) is 0.844. The summed E-state index contributed by atoms with van der Waals surface area (Å²) in [6.07, 6.45) is 2.36. The molecule has 1 saturated heterocycles. The standard InChI is InChI=1S/C16H23ClFN3O.ClH/c1-3-7-16(2,19)15(22)20-11-6-8-21(10-11)12-4-5-14(18)13(17)9-12;/h4-5,9,11H,3,6-8,10,19H2,1-2H3,(H,20,22);1H. The van der Waals surface area contributed by atoms with E-state index >= 15 is 0 Å². The molecule has 2 unspecified atom stereocenters. The van der Waals surface area contributed by atoms with Crippen LogP contribution in [0.1, 0.15) is 33.1 Å². The fourth-order valence-corrected chi connectivity index (χ4v) is 2.95.